The number of esters is 1. The molecule has 1 atom stereocenters. The van der Waals surface area contributed by atoms with E-state index < -0.39 is 21.5 Å². The smallest absolute Gasteiger partial charge is 0.326 e. The lowest BCUT2D eigenvalue weighted by atomic mass is 9.98. The molecular weight excluding hydrogens is 292 g/mol. The van der Waals surface area contributed by atoms with Crippen molar-refractivity contribution in [3.63, 3.8) is 0 Å². The molecule has 0 bridgehead atoms. The Balaban J connectivity index is 3.18. The molecule has 0 heterocycles. The zero-order chi connectivity index (χ0) is 16.1. The quantitative estimate of drug-likeness (QED) is 0.804. The summed E-state index contributed by atoms with van der Waals surface area (Å²) in [5.74, 6) is -0.649. The van der Waals surface area contributed by atoms with E-state index >= 15 is 0 Å². The number of methoxy groups -OCH3 is 1. The normalized spacial score (nSPS) is 14.0. The van der Waals surface area contributed by atoms with E-state index in [2.05, 4.69) is 9.46 Å². The molecule has 21 heavy (non-hydrogen) atoms. The fourth-order valence-corrected chi connectivity index (χ4v) is 3.44. The number of nitriles is 1. The Morgan fingerprint density at radius 2 is 2.14 bits per heavy atom. The molecule has 0 radical (unpaired) electrons. The van der Waals surface area contributed by atoms with Crippen molar-refractivity contribution in [3.05, 3.63) is 29.8 Å². The topological polar surface area (TPSA) is 96.3 Å². The summed E-state index contributed by atoms with van der Waals surface area (Å²) in [5.41, 5.74) is -1.11. The van der Waals surface area contributed by atoms with Crippen LogP contribution in [-0.4, -0.2) is 27.0 Å². The second-order valence-corrected chi connectivity index (χ2v) is 6.50. The minimum absolute atomic E-state index is 0.0622. The average Bonchev–Trinajstić information content (AvgIpc) is 2.46. The summed E-state index contributed by atoms with van der Waals surface area (Å²) in [7, 11) is -2.72. The van der Waals surface area contributed by atoms with Gasteiger partial charge < -0.3 is 4.74 Å². The molecule has 0 saturated carbocycles. The van der Waals surface area contributed by atoms with Crippen LogP contribution in [0.15, 0.2) is 29.2 Å². The summed E-state index contributed by atoms with van der Waals surface area (Å²) in [4.78, 5) is 11.8. The molecule has 1 unspecified atom stereocenters. The first-order valence-electron chi connectivity index (χ1n) is 6.41. The molecule has 0 aliphatic rings. The van der Waals surface area contributed by atoms with Gasteiger partial charge in [0, 0.05) is 0 Å². The van der Waals surface area contributed by atoms with Gasteiger partial charge in [-0.05, 0) is 31.5 Å². The predicted molar refractivity (Wildman–Crippen MR) is 76.8 cm³/mol. The lowest BCUT2D eigenvalue weighted by molar-refractivity contribution is -0.147. The molecular formula is C14H18N2O4S. The second-order valence-electron chi connectivity index (χ2n) is 4.82. The van der Waals surface area contributed by atoms with Crippen LogP contribution >= 0.6 is 0 Å². The van der Waals surface area contributed by atoms with E-state index in [0.29, 0.717) is 12.8 Å². The highest BCUT2D eigenvalue weighted by Gasteiger charge is 2.38. The first kappa shape index (κ1) is 17.1. The number of benzene rings is 1. The van der Waals surface area contributed by atoms with Crippen LogP contribution in [0.2, 0.25) is 0 Å². The van der Waals surface area contributed by atoms with Gasteiger partial charge >= 0.3 is 5.97 Å². The van der Waals surface area contributed by atoms with Crippen molar-refractivity contribution in [2.75, 3.05) is 7.11 Å². The van der Waals surface area contributed by atoms with E-state index in [0.717, 1.165) is 0 Å². The minimum atomic E-state index is -3.93. The van der Waals surface area contributed by atoms with Crippen LogP contribution in [0, 0.1) is 11.3 Å². The van der Waals surface area contributed by atoms with Crippen LogP contribution in [0.4, 0.5) is 0 Å². The van der Waals surface area contributed by atoms with Gasteiger partial charge in [-0.25, -0.2) is 8.42 Å². The van der Waals surface area contributed by atoms with Crippen LogP contribution in [0.5, 0.6) is 0 Å². The summed E-state index contributed by atoms with van der Waals surface area (Å²) in [6, 6.07) is 7.48. The van der Waals surface area contributed by atoms with Crippen molar-refractivity contribution in [2.24, 2.45) is 0 Å². The third kappa shape index (κ3) is 4.03. The largest absolute Gasteiger partial charge is 0.468 e. The maximum Gasteiger partial charge on any atom is 0.326 e. The average molecular weight is 310 g/mol. The monoisotopic (exact) mass is 310 g/mol. The number of nitrogens with zero attached hydrogens (tertiary/aromatic N) is 1. The number of hydrogen-bond acceptors (Lipinski definition) is 5. The number of sulfonamides is 1. The highest BCUT2D eigenvalue weighted by atomic mass is 32.2. The van der Waals surface area contributed by atoms with Crippen molar-refractivity contribution in [1.29, 1.82) is 5.26 Å². The molecule has 1 aromatic rings. The maximum atomic E-state index is 12.4. The molecule has 7 heteroatoms. The van der Waals surface area contributed by atoms with Crippen molar-refractivity contribution >= 4 is 16.0 Å². The van der Waals surface area contributed by atoms with Gasteiger partial charge in [-0.15, -0.1) is 0 Å². The fourth-order valence-electron chi connectivity index (χ4n) is 2.01. The molecule has 0 aliphatic heterocycles. The Hall–Kier alpha value is -1.91. The minimum Gasteiger partial charge on any atom is -0.468 e. The van der Waals surface area contributed by atoms with Crippen LogP contribution in [0.3, 0.4) is 0 Å². The summed E-state index contributed by atoms with van der Waals surface area (Å²) in [6.45, 7) is 3.32. The van der Waals surface area contributed by atoms with Crippen molar-refractivity contribution in [1.82, 2.24) is 4.72 Å². The number of rotatable bonds is 6. The molecule has 0 spiro atoms. The van der Waals surface area contributed by atoms with Gasteiger partial charge in [-0.1, -0.05) is 19.4 Å². The van der Waals surface area contributed by atoms with Crippen molar-refractivity contribution < 1.29 is 17.9 Å². The standard InChI is InChI=1S/C14H18N2O4S/c1-4-8-14(2,13(17)20-3)16-21(18,19)12-7-5-6-11(9-12)10-15/h5-7,9,16H,4,8H2,1-3H3. The Morgan fingerprint density at radius 3 is 2.67 bits per heavy atom. The SMILES string of the molecule is CCCC(C)(NS(=O)(=O)c1cccc(C#N)c1)C(=O)OC. The molecule has 0 saturated heterocycles. The fraction of sp³-hybridized carbons (Fsp3) is 0.429. The van der Waals surface area contributed by atoms with E-state index in [-0.39, 0.29) is 10.5 Å². The number of hydrogen-bond donors (Lipinski definition) is 1. The molecule has 0 fully saturated rings. The van der Waals surface area contributed by atoms with E-state index in [1.165, 1.54) is 38.3 Å². The second kappa shape index (κ2) is 6.70. The highest BCUT2D eigenvalue weighted by molar-refractivity contribution is 7.89. The van der Waals surface area contributed by atoms with Crippen molar-refractivity contribution in [3.8, 4) is 6.07 Å². The van der Waals surface area contributed by atoms with Gasteiger partial charge in [0.2, 0.25) is 10.0 Å². The van der Waals surface area contributed by atoms with Gasteiger partial charge in [0.05, 0.1) is 23.6 Å². The molecule has 1 aromatic carbocycles. The lowest BCUT2D eigenvalue weighted by Crippen LogP contribution is -2.52. The molecule has 114 valence electrons. The third-order valence-electron chi connectivity index (χ3n) is 3.02. The van der Waals surface area contributed by atoms with Crippen molar-refractivity contribution in [2.45, 2.75) is 37.1 Å². The Labute approximate surface area is 124 Å². The number of carbonyl (C=O) groups is 1. The molecule has 1 N–H and O–H groups in total. The summed E-state index contributed by atoms with van der Waals surface area (Å²) in [6.07, 6.45) is 0.906. The summed E-state index contributed by atoms with van der Waals surface area (Å²) in [5, 5.41) is 8.83. The third-order valence-corrected chi connectivity index (χ3v) is 4.61. The highest BCUT2D eigenvalue weighted by Crippen LogP contribution is 2.19. The lowest BCUT2D eigenvalue weighted by Gasteiger charge is -2.27. The molecule has 0 amide bonds. The van der Waals surface area contributed by atoms with Crippen LogP contribution < -0.4 is 4.72 Å². The number of ether oxygens (including phenoxy) is 1. The number of carbonyl (C=O) groups excluding carboxylic acids is 1. The van der Waals surface area contributed by atoms with Crippen LogP contribution in [0.25, 0.3) is 0 Å². The summed E-state index contributed by atoms with van der Waals surface area (Å²) >= 11 is 0. The predicted octanol–water partition coefficient (Wildman–Crippen LogP) is 1.57. The Morgan fingerprint density at radius 1 is 1.48 bits per heavy atom. The molecule has 6 nitrogen and oxygen atoms in total. The van der Waals surface area contributed by atoms with E-state index in [1.807, 2.05) is 13.0 Å². The molecule has 0 aliphatic carbocycles. The first-order chi connectivity index (χ1) is 9.79. The zero-order valence-corrected chi connectivity index (χ0v) is 13.0. The molecule has 0 aromatic heterocycles. The Kier molecular flexibility index (Phi) is 5.47. The first-order valence-corrected chi connectivity index (χ1v) is 7.90. The van der Waals surface area contributed by atoms with Gasteiger partial charge in [-0.3, -0.25) is 4.79 Å². The number of nitrogens with one attached hydrogen (secondary N) is 1. The van der Waals surface area contributed by atoms with E-state index in [1.54, 1.807) is 0 Å². The summed E-state index contributed by atoms with van der Waals surface area (Å²) < 4.78 is 31.8. The van der Waals surface area contributed by atoms with E-state index in [4.69, 9.17) is 5.26 Å². The van der Waals surface area contributed by atoms with Gasteiger partial charge in [0.1, 0.15) is 5.54 Å². The van der Waals surface area contributed by atoms with Gasteiger partial charge in [0.25, 0.3) is 0 Å². The van der Waals surface area contributed by atoms with Crippen LogP contribution in [-0.2, 0) is 19.6 Å². The van der Waals surface area contributed by atoms with Gasteiger partial charge in [-0.2, -0.15) is 9.98 Å². The molecule has 1 rings (SSSR count). The maximum absolute atomic E-state index is 12.4. The van der Waals surface area contributed by atoms with Gasteiger partial charge in [0.15, 0.2) is 0 Å². The Bertz CT molecular complexity index is 664. The zero-order valence-electron chi connectivity index (χ0n) is 12.2. The van der Waals surface area contributed by atoms with Crippen LogP contribution in [0.1, 0.15) is 32.3 Å². The van der Waals surface area contributed by atoms with E-state index in [9.17, 15) is 13.2 Å².